The molecule has 0 aromatic rings. The topological polar surface area (TPSA) is 55.1 Å². The fourth-order valence-electron chi connectivity index (χ4n) is 2.03. The molecule has 2 atom stereocenters. The molecule has 0 heterocycles. The fourth-order valence-corrected chi connectivity index (χ4v) is 2.03. The van der Waals surface area contributed by atoms with Crippen molar-refractivity contribution in [2.75, 3.05) is 6.54 Å². The normalized spacial score (nSPS) is 27.7. The first-order chi connectivity index (χ1) is 6.65. The van der Waals surface area contributed by atoms with Crippen molar-refractivity contribution in [2.45, 2.75) is 45.6 Å². The van der Waals surface area contributed by atoms with Gasteiger partial charge in [-0.2, -0.15) is 0 Å². The van der Waals surface area contributed by atoms with E-state index < -0.39 is 0 Å². The Morgan fingerprint density at radius 1 is 1.43 bits per heavy atom. The van der Waals surface area contributed by atoms with E-state index in [-0.39, 0.29) is 11.8 Å². The SMILES string of the molecule is CC(C)C(=O)NC1CCCCC1CN. The number of amides is 1. The molecule has 1 aliphatic rings. The van der Waals surface area contributed by atoms with E-state index in [0.29, 0.717) is 18.5 Å². The first-order valence-electron chi connectivity index (χ1n) is 5.65. The van der Waals surface area contributed by atoms with E-state index in [9.17, 15) is 4.79 Å². The summed E-state index contributed by atoms with van der Waals surface area (Å²) in [6, 6.07) is 0.323. The minimum absolute atomic E-state index is 0.0790. The number of carbonyl (C=O) groups is 1. The second-order valence-corrected chi connectivity index (χ2v) is 4.55. The van der Waals surface area contributed by atoms with Crippen molar-refractivity contribution in [1.82, 2.24) is 5.32 Å². The Morgan fingerprint density at radius 3 is 2.64 bits per heavy atom. The standard InChI is InChI=1S/C11H22N2O/c1-8(2)11(14)13-10-6-4-3-5-9(10)7-12/h8-10H,3-7,12H2,1-2H3,(H,13,14). The van der Waals surface area contributed by atoms with Crippen LogP contribution in [0.3, 0.4) is 0 Å². The van der Waals surface area contributed by atoms with Crippen molar-refractivity contribution in [3.05, 3.63) is 0 Å². The summed E-state index contributed by atoms with van der Waals surface area (Å²) in [6.07, 6.45) is 4.75. The zero-order valence-electron chi connectivity index (χ0n) is 9.25. The predicted molar refractivity (Wildman–Crippen MR) is 57.8 cm³/mol. The summed E-state index contributed by atoms with van der Waals surface area (Å²) in [7, 11) is 0. The van der Waals surface area contributed by atoms with Gasteiger partial charge < -0.3 is 11.1 Å². The zero-order valence-corrected chi connectivity index (χ0v) is 9.25. The van der Waals surface area contributed by atoms with Crippen LogP contribution in [-0.4, -0.2) is 18.5 Å². The van der Waals surface area contributed by atoms with Gasteiger partial charge in [0.15, 0.2) is 0 Å². The molecule has 1 saturated carbocycles. The Labute approximate surface area is 86.4 Å². The summed E-state index contributed by atoms with van der Waals surface area (Å²) in [5, 5.41) is 3.10. The van der Waals surface area contributed by atoms with Crippen LogP contribution in [0.2, 0.25) is 0 Å². The maximum Gasteiger partial charge on any atom is 0.222 e. The van der Waals surface area contributed by atoms with Crippen molar-refractivity contribution >= 4 is 5.91 Å². The zero-order chi connectivity index (χ0) is 10.6. The lowest BCUT2D eigenvalue weighted by atomic mass is 9.84. The van der Waals surface area contributed by atoms with Crippen molar-refractivity contribution in [2.24, 2.45) is 17.6 Å². The molecule has 0 bridgehead atoms. The van der Waals surface area contributed by atoms with E-state index in [1.54, 1.807) is 0 Å². The number of nitrogens with two attached hydrogens (primary N) is 1. The van der Waals surface area contributed by atoms with Crippen molar-refractivity contribution in [3.8, 4) is 0 Å². The lowest BCUT2D eigenvalue weighted by Gasteiger charge is -2.31. The Hall–Kier alpha value is -0.570. The average molecular weight is 198 g/mol. The fraction of sp³-hybridized carbons (Fsp3) is 0.909. The summed E-state index contributed by atoms with van der Waals surface area (Å²) in [5.74, 6) is 0.733. The number of rotatable bonds is 3. The molecule has 1 rings (SSSR count). The first kappa shape index (κ1) is 11.5. The Bertz CT molecular complexity index is 192. The van der Waals surface area contributed by atoms with Gasteiger partial charge in [-0.25, -0.2) is 0 Å². The molecule has 1 amide bonds. The van der Waals surface area contributed by atoms with E-state index in [1.807, 2.05) is 13.8 Å². The molecule has 82 valence electrons. The van der Waals surface area contributed by atoms with Crippen LogP contribution in [0.1, 0.15) is 39.5 Å². The highest BCUT2D eigenvalue weighted by atomic mass is 16.1. The van der Waals surface area contributed by atoms with Crippen LogP contribution in [0.25, 0.3) is 0 Å². The van der Waals surface area contributed by atoms with Crippen LogP contribution in [0.4, 0.5) is 0 Å². The summed E-state index contributed by atoms with van der Waals surface area (Å²) in [6.45, 7) is 4.55. The molecule has 0 aromatic carbocycles. The summed E-state index contributed by atoms with van der Waals surface area (Å²) < 4.78 is 0. The predicted octanol–water partition coefficient (Wildman–Crippen LogP) is 1.28. The molecule has 1 aliphatic carbocycles. The molecule has 0 aliphatic heterocycles. The third kappa shape index (κ3) is 2.98. The molecule has 0 radical (unpaired) electrons. The highest BCUT2D eigenvalue weighted by molar-refractivity contribution is 5.78. The molecule has 1 fully saturated rings. The summed E-state index contributed by atoms with van der Waals surface area (Å²) >= 11 is 0. The van der Waals surface area contributed by atoms with E-state index in [2.05, 4.69) is 5.32 Å². The molecule has 0 spiro atoms. The van der Waals surface area contributed by atoms with Gasteiger partial charge in [0.05, 0.1) is 0 Å². The molecule has 14 heavy (non-hydrogen) atoms. The van der Waals surface area contributed by atoms with Crippen LogP contribution >= 0.6 is 0 Å². The number of nitrogens with one attached hydrogen (secondary N) is 1. The van der Waals surface area contributed by atoms with Gasteiger partial charge in [0.25, 0.3) is 0 Å². The van der Waals surface area contributed by atoms with Crippen LogP contribution in [0, 0.1) is 11.8 Å². The third-order valence-corrected chi connectivity index (χ3v) is 3.06. The third-order valence-electron chi connectivity index (χ3n) is 3.06. The molecule has 3 N–H and O–H groups in total. The van der Waals surface area contributed by atoms with Crippen LogP contribution in [0.5, 0.6) is 0 Å². The Balaban J connectivity index is 2.44. The van der Waals surface area contributed by atoms with Gasteiger partial charge in [-0.05, 0) is 25.3 Å². The smallest absolute Gasteiger partial charge is 0.222 e. The van der Waals surface area contributed by atoms with Gasteiger partial charge in [0.2, 0.25) is 5.91 Å². The molecule has 0 aromatic heterocycles. The molecule has 3 heteroatoms. The van der Waals surface area contributed by atoms with Gasteiger partial charge in [0, 0.05) is 12.0 Å². The van der Waals surface area contributed by atoms with Gasteiger partial charge in [0.1, 0.15) is 0 Å². The molecule has 2 unspecified atom stereocenters. The van der Waals surface area contributed by atoms with E-state index in [4.69, 9.17) is 5.73 Å². The maximum atomic E-state index is 11.5. The van der Waals surface area contributed by atoms with E-state index in [0.717, 1.165) is 6.42 Å². The maximum absolute atomic E-state index is 11.5. The second-order valence-electron chi connectivity index (χ2n) is 4.55. The Kier molecular flexibility index (Phi) is 4.39. The number of hydrogen-bond acceptors (Lipinski definition) is 2. The lowest BCUT2D eigenvalue weighted by molar-refractivity contribution is -0.125. The minimum atomic E-state index is 0.0790. The molecule has 3 nitrogen and oxygen atoms in total. The van der Waals surface area contributed by atoms with Crippen molar-refractivity contribution < 1.29 is 4.79 Å². The van der Waals surface area contributed by atoms with Gasteiger partial charge >= 0.3 is 0 Å². The summed E-state index contributed by atoms with van der Waals surface area (Å²) in [5.41, 5.74) is 5.69. The largest absolute Gasteiger partial charge is 0.353 e. The lowest BCUT2D eigenvalue weighted by Crippen LogP contribution is -2.46. The van der Waals surface area contributed by atoms with Crippen LogP contribution < -0.4 is 11.1 Å². The number of carbonyl (C=O) groups excluding carboxylic acids is 1. The van der Waals surface area contributed by atoms with Gasteiger partial charge in [-0.1, -0.05) is 26.7 Å². The molecular formula is C11H22N2O. The summed E-state index contributed by atoms with van der Waals surface area (Å²) in [4.78, 5) is 11.5. The first-order valence-corrected chi connectivity index (χ1v) is 5.65. The highest BCUT2D eigenvalue weighted by Crippen LogP contribution is 2.23. The quantitative estimate of drug-likeness (QED) is 0.717. The van der Waals surface area contributed by atoms with Crippen molar-refractivity contribution in [3.63, 3.8) is 0 Å². The monoisotopic (exact) mass is 198 g/mol. The Morgan fingerprint density at radius 2 is 2.07 bits per heavy atom. The number of hydrogen-bond donors (Lipinski definition) is 2. The second kappa shape index (κ2) is 5.35. The van der Waals surface area contributed by atoms with Crippen LogP contribution in [0.15, 0.2) is 0 Å². The van der Waals surface area contributed by atoms with E-state index >= 15 is 0 Å². The average Bonchev–Trinajstić information content (AvgIpc) is 2.18. The van der Waals surface area contributed by atoms with Crippen LogP contribution in [-0.2, 0) is 4.79 Å². The van der Waals surface area contributed by atoms with Gasteiger partial charge in [-0.15, -0.1) is 0 Å². The molecule has 0 saturated heterocycles. The molecular weight excluding hydrogens is 176 g/mol. The minimum Gasteiger partial charge on any atom is -0.353 e. The van der Waals surface area contributed by atoms with Gasteiger partial charge in [-0.3, -0.25) is 4.79 Å². The highest BCUT2D eigenvalue weighted by Gasteiger charge is 2.25. The van der Waals surface area contributed by atoms with E-state index in [1.165, 1.54) is 19.3 Å². The van der Waals surface area contributed by atoms with Crippen molar-refractivity contribution in [1.29, 1.82) is 0 Å².